The number of nitrogens with one attached hydrogen (secondary N) is 1. The molecule has 0 fully saturated rings. The zero-order chi connectivity index (χ0) is 21.7. The van der Waals surface area contributed by atoms with Crippen molar-refractivity contribution in [3.8, 4) is 22.6 Å². The number of aryl methyl sites for hydroxylation is 1. The number of amides is 1. The normalized spacial score (nSPS) is 11.3. The van der Waals surface area contributed by atoms with Crippen LogP contribution >= 0.6 is 23.1 Å². The molecule has 0 aliphatic rings. The lowest BCUT2D eigenvalue weighted by Gasteiger charge is -2.17. The highest BCUT2D eigenvalue weighted by Crippen LogP contribution is 2.39. The highest BCUT2D eigenvalue weighted by molar-refractivity contribution is 8.00. The van der Waals surface area contributed by atoms with Crippen LogP contribution in [-0.4, -0.2) is 21.1 Å². The Morgan fingerprint density at radius 3 is 2.67 bits per heavy atom. The molecule has 3 N–H and O–H groups in total. The van der Waals surface area contributed by atoms with E-state index in [0.717, 1.165) is 22.2 Å². The number of aromatic nitrogens is 2. The van der Waals surface area contributed by atoms with Gasteiger partial charge in [0, 0.05) is 16.6 Å². The Hall–Kier alpha value is -3.40. The predicted octanol–water partition coefficient (Wildman–Crippen LogP) is 4.35. The number of nitrogens with two attached hydrogens (primary N) is 1. The van der Waals surface area contributed by atoms with Gasteiger partial charge in [0.15, 0.2) is 0 Å². The van der Waals surface area contributed by atoms with E-state index in [1.807, 2.05) is 37.4 Å². The number of hydrogen-bond acceptors (Lipinski definition) is 8. The average molecular weight is 435 g/mol. The third-order valence-electron chi connectivity index (χ3n) is 4.35. The molecule has 30 heavy (non-hydrogen) atoms. The van der Waals surface area contributed by atoms with E-state index in [1.165, 1.54) is 11.3 Å². The molecule has 9 heteroatoms. The van der Waals surface area contributed by atoms with Crippen LogP contribution < -0.4 is 11.1 Å². The van der Waals surface area contributed by atoms with Gasteiger partial charge >= 0.3 is 0 Å². The molecule has 0 radical (unpaired) electrons. The van der Waals surface area contributed by atoms with Crippen molar-refractivity contribution in [3.05, 3.63) is 52.5 Å². The van der Waals surface area contributed by atoms with E-state index in [-0.39, 0.29) is 22.9 Å². The summed E-state index contributed by atoms with van der Waals surface area (Å²) in [6.45, 7) is 3.74. The van der Waals surface area contributed by atoms with Crippen molar-refractivity contribution in [3.63, 3.8) is 0 Å². The van der Waals surface area contributed by atoms with E-state index in [9.17, 15) is 15.3 Å². The molecular formula is C21H18N6OS2. The molecular weight excluding hydrogens is 416 g/mol. The van der Waals surface area contributed by atoms with Crippen molar-refractivity contribution in [2.24, 2.45) is 0 Å². The molecule has 3 aromatic heterocycles. The fraction of sp³-hybridized carbons (Fsp3) is 0.190. The van der Waals surface area contributed by atoms with Gasteiger partial charge in [-0.25, -0.2) is 9.97 Å². The van der Waals surface area contributed by atoms with Crippen LogP contribution in [0, 0.1) is 29.6 Å². The van der Waals surface area contributed by atoms with Gasteiger partial charge < -0.3 is 11.1 Å². The van der Waals surface area contributed by atoms with Gasteiger partial charge in [0.25, 0.3) is 0 Å². The first kappa shape index (κ1) is 21.3. The first-order valence-electron chi connectivity index (χ1n) is 9.06. The largest absolute Gasteiger partial charge is 0.383 e. The molecule has 0 aliphatic carbocycles. The van der Waals surface area contributed by atoms with Crippen molar-refractivity contribution >= 4 is 40.6 Å². The van der Waals surface area contributed by atoms with E-state index in [1.54, 1.807) is 12.3 Å². The summed E-state index contributed by atoms with van der Waals surface area (Å²) in [5.41, 5.74) is 7.76. The number of carbonyl (C=O) groups excluding carboxylic acids is 1. The first-order valence-corrected chi connectivity index (χ1v) is 10.8. The first-order chi connectivity index (χ1) is 14.5. The lowest BCUT2D eigenvalue weighted by molar-refractivity contribution is -0.115. The third kappa shape index (κ3) is 4.28. The van der Waals surface area contributed by atoms with Crippen LogP contribution in [0.5, 0.6) is 0 Å². The standard InChI is InChI=1S/C21H18N6OS2/c1-3-15(20(28)27-19-12(2)6-4-8-25-19)30-21-14(11-23)17(16-7-5-9-29-16)13(10-22)18(24)26-21/h4-9,15H,3H2,1-2H3,(H2,24,26)(H,25,27,28). The smallest absolute Gasteiger partial charge is 0.239 e. The van der Waals surface area contributed by atoms with Gasteiger partial charge in [0.1, 0.15) is 34.4 Å². The average Bonchev–Trinajstić information content (AvgIpc) is 3.27. The van der Waals surface area contributed by atoms with Crippen molar-refractivity contribution in [2.45, 2.75) is 30.5 Å². The summed E-state index contributed by atoms with van der Waals surface area (Å²) < 4.78 is 0. The topological polar surface area (TPSA) is 128 Å². The summed E-state index contributed by atoms with van der Waals surface area (Å²) in [4.78, 5) is 22.1. The van der Waals surface area contributed by atoms with Gasteiger partial charge in [-0.15, -0.1) is 11.3 Å². The van der Waals surface area contributed by atoms with Gasteiger partial charge in [-0.05, 0) is 36.4 Å². The second-order valence-electron chi connectivity index (χ2n) is 6.30. The van der Waals surface area contributed by atoms with Gasteiger partial charge in [-0.1, -0.05) is 30.8 Å². The van der Waals surface area contributed by atoms with Crippen molar-refractivity contribution in [1.82, 2.24) is 9.97 Å². The fourth-order valence-electron chi connectivity index (χ4n) is 2.82. The Bertz CT molecular complexity index is 1160. The molecule has 3 rings (SSSR count). The highest BCUT2D eigenvalue weighted by atomic mass is 32.2. The minimum Gasteiger partial charge on any atom is -0.383 e. The van der Waals surface area contributed by atoms with Gasteiger partial charge in [0.05, 0.1) is 10.8 Å². The van der Waals surface area contributed by atoms with Crippen LogP contribution in [0.2, 0.25) is 0 Å². The maximum absolute atomic E-state index is 12.9. The lowest BCUT2D eigenvalue weighted by Crippen LogP contribution is -2.25. The van der Waals surface area contributed by atoms with Gasteiger partial charge in [-0.2, -0.15) is 10.5 Å². The maximum atomic E-state index is 12.9. The number of nitrogens with zero attached hydrogens (tertiary/aromatic N) is 4. The van der Waals surface area contributed by atoms with E-state index in [0.29, 0.717) is 22.8 Å². The van der Waals surface area contributed by atoms with E-state index in [4.69, 9.17) is 5.73 Å². The molecule has 150 valence electrons. The lowest BCUT2D eigenvalue weighted by atomic mass is 10.0. The molecule has 0 saturated carbocycles. The molecule has 0 spiro atoms. The fourth-order valence-corrected chi connectivity index (χ4v) is 4.62. The predicted molar refractivity (Wildman–Crippen MR) is 119 cm³/mol. The minimum absolute atomic E-state index is 0.0400. The molecule has 1 unspecified atom stereocenters. The molecule has 0 bridgehead atoms. The van der Waals surface area contributed by atoms with Crippen molar-refractivity contribution in [2.75, 3.05) is 11.1 Å². The summed E-state index contributed by atoms with van der Waals surface area (Å²) in [6, 6.07) is 11.5. The van der Waals surface area contributed by atoms with Crippen LogP contribution in [-0.2, 0) is 4.79 Å². The summed E-state index contributed by atoms with van der Waals surface area (Å²) >= 11 is 2.56. The molecule has 1 atom stereocenters. The van der Waals surface area contributed by atoms with E-state index in [2.05, 4.69) is 27.4 Å². The van der Waals surface area contributed by atoms with Gasteiger partial charge in [-0.3, -0.25) is 4.79 Å². The Labute approximate surface area is 182 Å². The van der Waals surface area contributed by atoms with Crippen molar-refractivity contribution in [1.29, 1.82) is 10.5 Å². The Kier molecular flexibility index (Phi) is 6.68. The number of rotatable bonds is 6. The minimum atomic E-state index is -0.519. The van der Waals surface area contributed by atoms with E-state index < -0.39 is 5.25 Å². The Balaban J connectivity index is 1.99. The number of carbonyl (C=O) groups is 1. The van der Waals surface area contributed by atoms with Crippen LogP contribution in [0.15, 0.2) is 40.9 Å². The van der Waals surface area contributed by atoms with Crippen LogP contribution in [0.1, 0.15) is 30.0 Å². The molecule has 3 heterocycles. The zero-order valence-electron chi connectivity index (χ0n) is 16.3. The molecule has 7 nitrogen and oxygen atoms in total. The van der Waals surface area contributed by atoms with Crippen molar-refractivity contribution < 1.29 is 4.79 Å². The third-order valence-corrected chi connectivity index (χ3v) is 6.59. The molecule has 0 aliphatic heterocycles. The van der Waals surface area contributed by atoms with Gasteiger partial charge in [0.2, 0.25) is 5.91 Å². The monoisotopic (exact) mass is 434 g/mol. The number of hydrogen-bond donors (Lipinski definition) is 2. The van der Waals surface area contributed by atoms with E-state index >= 15 is 0 Å². The Morgan fingerprint density at radius 1 is 1.30 bits per heavy atom. The number of thioether (sulfide) groups is 1. The number of nitriles is 2. The molecule has 3 aromatic rings. The van der Waals surface area contributed by atoms with Crippen LogP contribution in [0.25, 0.3) is 10.4 Å². The number of nitrogen functional groups attached to an aromatic ring is 1. The number of anilines is 2. The summed E-state index contributed by atoms with van der Waals surface area (Å²) in [5, 5.41) is 23.9. The number of thiophene rings is 1. The number of pyridine rings is 2. The summed E-state index contributed by atoms with van der Waals surface area (Å²) in [6.07, 6.45) is 2.11. The molecule has 0 aromatic carbocycles. The second kappa shape index (κ2) is 9.40. The molecule has 0 saturated heterocycles. The quantitative estimate of drug-likeness (QED) is 0.552. The maximum Gasteiger partial charge on any atom is 0.239 e. The second-order valence-corrected chi connectivity index (χ2v) is 8.44. The summed E-state index contributed by atoms with van der Waals surface area (Å²) in [7, 11) is 0. The summed E-state index contributed by atoms with van der Waals surface area (Å²) in [5.74, 6) is 0.294. The molecule has 1 amide bonds. The zero-order valence-corrected chi connectivity index (χ0v) is 18.0. The van der Waals surface area contributed by atoms with Crippen LogP contribution in [0.4, 0.5) is 11.6 Å². The highest BCUT2D eigenvalue weighted by Gasteiger charge is 2.26. The van der Waals surface area contributed by atoms with Crippen LogP contribution in [0.3, 0.4) is 0 Å². The SMILES string of the molecule is CCC(Sc1nc(N)c(C#N)c(-c2cccs2)c1C#N)C(=O)Nc1ncccc1C. The Morgan fingerprint density at radius 2 is 2.07 bits per heavy atom.